The summed E-state index contributed by atoms with van der Waals surface area (Å²) in [5.41, 5.74) is 5.57. The molecule has 0 aliphatic carbocycles. The van der Waals surface area contributed by atoms with Crippen molar-refractivity contribution in [3.63, 3.8) is 0 Å². The van der Waals surface area contributed by atoms with Gasteiger partial charge >= 0.3 is 5.69 Å². The number of rotatable bonds is 8. The number of para-hydroxylation sites is 1. The predicted molar refractivity (Wildman–Crippen MR) is 126 cm³/mol. The molecule has 1 saturated heterocycles. The molecule has 0 unspecified atom stereocenters. The predicted octanol–water partition coefficient (Wildman–Crippen LogP) is 3.63. The van der Waals surface area contributed by atoms with Gasteiger partial charge in [0.2, 0.25) is 0 Å². The van der Waals surface area contributed by atoms with Gasteiger partial charge in [0.05, 0.1) is 29.8 Å². The minimum atomic E-state index is -2.05. The van der Waals surface area contributed by atoms with E-state index >= 15 is 0 Å². The Morgan fingerprint density at radius 3 is 2.64 bits per heavy atom. The second-order valence-electron chi connectivity index (χ2n) is 9.71. The van der Waals surface area contributed by atoms with Crippen molar-refractivity contribution in [2.24, 2.45) is 0 Å². The molecule has 180 valence electrons. The number of nitro benzene ring substituents is 1. The number of aromatic nitrogens is 2. The largest absolute Gasteiger partial charge is 0.414 e. The SMILES string of the molecule is CC(C)(C)[Si](C)(C)OC[C@H]1O[C@@H](n2ccc(N)nc2=O)C[C@@H]1OCc1ccccc1[N+](=O)[O-]. The second-order valence-corrected chi connectivity index (χ2v) is 14.5. The van der Waals surface area contributed by atoms with Gasteiger partial charge in [0.25, 0.3) is 5.69 Å². The number of anilines is 1. The highest BCUT2D eigenvalue weighted by Crippen LogP contribution is 2.38. The number of nitrogens with zero attached hydrogens (tertiary/aromatic N) is 3. The van der Waals surface area contributed by atoms with Crippen molar-refractivity contribution in [2.75, 3.05) is 12.3 Å². The first-order chi connectivity index (χ1) is 15.4. The molecular formula is C22H32N4O6Si. The molecule has 0 spiro atoms. The summed E-state index contributed by atoms with van der Waals surface area (Å²) in [6.45, 7) is 11.1. The van der Waals surface area contributed by atoms with Crippen LogP contribution in [-0.2, 0) is 20.5 Å². The number of nitrogens with two attached hydrogens (primary N) is 1. The lowest BCUT2D eigenvalue weighted by Crippen LogP contribution is -2.44. The molecule has 2 N–H and O–H groups in total. The minimum Gasteiger partial charge on any atom is -0.414 e. The maximum absolute atomic E-state index is 12.3. The molecule has 0 radical (unpaired) electrons. The van der Waals surface area contributed by atoms with Crippen molar-refractivity contribution in [2.45, 2.75) is 70.4 Å². The summed E-state index contributed by atoms with van der Waals surface area (Å²) in [6.07, 6.45) is 0.443. The monoisotopic (exact) mass is 476 g/mol. The van der Waals surface area contributed by atoms with Gasteiger partial charge in [0.15, 0.2) is 8.32 Å². The molecule has 1 aromatic heterocycles. The van der Waals surface area contributed by atoms with E-state index in [1.54, 1.807) is 24.4 Å². The Morgan fingerprint density at radius 1 is 1.30 bits per heavy atom. The van der Waals surface area contributed by atoms with Gasteiger partial charge in [0, 0.05) is 18.7 Å². The summed E-state index contributed by atoms with van der Waals surface area (Å²) in [7, 11) is -2.05. The molecule has 10 nitrogen and oxygen atoms in total. The van der Waals surface area contributed by atoms with Crippen molar-refractivity contribution in [3.8, 4) is 0 Å². The normalized spacial score (nSPS) is 21.3. The molecule has 11 heteroatoms. The van der Waals surface area contributed by atoms with E-state index < -0.39 is 37.4 Å². The molecule has 1 aliphatic heterocycles. The van der Waals surface area contributed by atoms with Crippen LogP contribution in [0.5, 0.6) is 0 Å². The zero-order valence-corrected chi connectivity index (χ0v) is 20.7. The quantitative estimate of drug-likeness (QED) is 0.347. The Hall–Kier alpha value is -2.60. The molecule has 3 atom stereocenters. The zero-order valence-electron chi connectivity index (χ0n) is 19.7. The highest BCUT2D eigenvalue weighted by atomic mass is 28.4. The Kier molecular flexibility index (Phi) is 7.37. The van der Waals surface area contributed by atoms with Crippen LogP contribution in [0, 0.1) is 10.1 Å². The Labute approximate surface area is 194 Å². The van der Waals surface area contributed by atoms with Gasteiger partial charge in [-0.25, -0.2) is 4.79 Å². The lowest BCUT2D eigenvalue weighted by molar-refractivity contribution is -0.386. The van der Waals surface area contributed by atoms with Gasteiger partial charge in [0.1, 0.15) is 18.1 Å². The molecule has 2 aromatic rings. The topological polar surface area (TPSA) is 132 Å². The van der Waals surface area contributed by atoms with Crippen LogP contribution < -0.4 is 11.4 Å². The van der Waals surface area contributed by atoms with E-state index in [2.05, 4.69) is 38.8 Å². The van der Waals surface area contributed by atoms with E-state index in [1.807, 2.05) is 0 Å². The van der Waals surface area contributed by atoms with E-state index in [0.29, 0.717) is 18.6 Å². The van der Waals surface area contributed by atoms with Crippen molar-refractivity contribution >= 4 is 19.8 Å². The smallest absolute Gasteiger partial charge is 0.351 e. The first-order valence-electron chi connectivity index (χ1n) is 10.9. The zero-order chi connectivity index (χ0) is 24.4. The summed E-state index contributed by atoms with van der Waals surface area (Å²) in [5.74, 6) is 0.135. The van der Waals surface area contributed by atoms with Crippen LogP contribution in [-0.4, -0.2) is 41.6 Å². The van der Waals surface area contributed by atoms with Gasteiger partial charge in [-0.2, -0.15) is 4.98 Å². The molecule has 0 amide bonds. The highest BCUT2D eigenvalue weighted by molar-refractivity contribution is 6.74. The molecule has 3 rings (SSSR count). The third-order valence-corrected chi connectivity index (χ3v) is 10.9. The Morgan fingerprint density at radius 2 is 2.00 bits per heavy atom. The molecule has 1 fully saturated rings. The van der Waals surface area contributed by atoms with Crippen molar-refractivity contribution < 1.29 is 18.8 Å². The lowest BCUT2D eigenvalue weighted by atomic mass is 10.1. The van der Waals surface area contributed by atoms with Gasteiger partial charge < -0.3 is 19.6 Å². The van der Waals surface area contributed by atoms with Gasteiger partial charge in [-0.1, -0.05) is 32.9 Å². The molecule has 2 heterocycles. The van der Waals surface area contributed by atoms with Crippen LogP contribution in [0.25, 0.3) is 0 Å². The molecule has 0 saturated carbocycles. The van der Waals surface area contributed by atoms with Gasteiger partial charge in [-0.15, -0.1) is 0 Å². The van der Waals surface area contributed by atoms with Crippen LogP contribution in [0.2, 0.25) is 18.1 Å². The van der Waals surface area contributed by atoms with E-state index in [4.69, 9.17) is 19.6 Å². The summed E-state index contributed by atoms with van der Waals surface area (Å²) in [5, 5.41) is 11.4. The highest BCUT2D eigenvalue weighted by Gasteiger charge is 2.42. The number of ether oxygens (including phenoxy) is 2. The number of hydrogen-bond donors (Lipinski definition) is 1. The number of benzene rings is 1. The number of nitrogen functional groups attached to an aromatic ring is 1. The fourth-order valence-corrected chi connectivity index (χ4v) is 4.37. The van der Waals surface area contributed by atoms with Crippen molar-refractivity contribution in [1.29, 1.82) is 0 Å². The fourth-order valence-electron chi connectivity index (χ4n) is 3.36. The minimum absolute atomic E-state index is 0.000919. The van der Waals surface area contributed by atoms with E-state index in [0.717, 1.165) is 0 Å². The van der Waals surface area contributed by atoms with Gasteiger partial charge in [-0.05, 0) is 30.3 Å². The summed E-state index contributed by atoms with van der Waals surface area (Å²) in [4.78, 5) is 27.0. The third-order valence-electron chi connectivity index (χ3n) is 6.40. The van der Waals surface area contributed by atoms with E-state index in [-0.39, 0.29) is 23.2 Å². The Bertz CT molecular complexity index is 1050. The first-order valence-corrected chi connectivity index (χ1v) is 13.8. The average Bonchev–Trinajstić information content (AvgIpc) is 3.13. The van der Waals surface area contributed by atoms with E-state index in [9.17, 15) is 14.9 Å². The van der Waals surface area contributed by atoms with Crippen LogP contribution >= 0.6 is 0 Å². The average molecular weight is 477 g/mol. The summed E-state index contributed by atoms with van der Waals surface area (Å²) < 4.78 is 20.0. The van der Waals surface area contributed by atoms with E-state index in [1.165, 1.54) is 16.7 Å². The van der Waals surface area contributed by atoms with Crippen molar-refractivity contribution in [3.05, 3.63) is 62.7 Å². The number of nitro groups is 1. The van der Waals surface area contributed by atoms with Crippen LogP contribution in [0.4, 0.5) is 11.5 Å². The third kappa shape index (κ3) is 5.85. The number of hydrogen-bond acceptors (Lipinski definition) is 8. The lowest BCUT2D eigenvalue weighted by Gasteiger charge is -2.37. The van der Waals surface area contributed by atoms with Gasteiger partial charge in [-0.3, -0.25) is 14.7 Å². The molecule has 0 bridgehead atoms. The van der Waals surface area contributed by atoms with Crippen molar-refractivity contribution in [1.82, 2.24) is 9.55 Å². The van der Waals surface area contributed by atoms with Crippen LogP contribution in [0.3, 0.4) is 0 Å². The van der Waals surface area contributed by atoms with Crippen LogP contribution in [0.1, 0.15) is 39.0 Å². The molecule has 1 aliphatic rings. The first kappa shape index (κ1) is 25.0. The standard InChI is InChI=1S/C22H32N4O6Si/c1-22(2,3)33(4,5)31-14-18-17(30-13-15-8-6-7-9-16(15)26(28)29)12-20(32-18)25-11-10-19(23)24-21(25)27/h6-11,17-18,20H,12-14H2,1-5H3,(H2,23,24,27)/t17-,18+,20+/m0/s1. The molecule has 33 heavy (non-hydrogen) atoms. The maximum atomic E-state index is 12.3. The molecular weight excluding hydrogens is 444 g/mol. The summed E-state index contributed by atoms with van der Waals surface area (Å²) >= 11 is 0. The van der Waals surface area contributed by atoms with Crippen LogP contribution in [0.15, 0.2) is 41.3 Å². The maximum Gasteiger partial charge on any atom is 0.351 e. The fraction of sp³-hybridized carbons (Fsp3) is 0.545. The Balaban J connectivity index is 1.79. The second kappa shape index (κ2) is 9.72. The molecule has 1 aromatic carbocycles. The summed E-state index contributed by atoms with van der Waals surface area (Å²) in [6, 6.07) is 8.00.